The van der Waals surface area contributed by atoms with Crippen molar-refractivity contribution in [2.45, 2.75) is 53.9 Å². The van der Waals surface area contributed by atoms with E-state index in [0.717, 1.165) is 6.29 Å². The van der Waals surface area contributed by atoms with Crippen molar-refractivity contribution >= 4 is 63.8 Å². The van der Waals surface area contributed by atoms with Gasteiger partial charge >= 0.3 is 0 Å². The van der Waals surface area contributed by atoms with Crippen molar-refractivity contribution in [1.82, 2.24) is 43.6 Å². The number of hydrogen-bond acceptors (Lipinski definition) is 13. The first kappa shape index (κ1) is 40.1. The first-order valence-corrected chi connectivity index (χ1v) is 17.6. The van der Waals surface area contributed by atoms with E-state index >= 15 is 0 Å². The van der Waals surface area contributed by atoms with Gasteiger partial charge < -0.3 is 36.9 Å². The summed E-state index contributed by atoms with van der Waals surface area (Å²) in [5.74, 6) is -0.605. The third-order valence-electron chi connectivity index (χ3n) is 8.56. The van der Waals surface area contributed by atoms with Crippen molar-refractivity contribution in [3.05, 3.63) is 76.5 Å². The van der Waals surface area contributed by atoms with Crippen molar-refractivity contribution in [2.24, 2.45) is 11.5 Å². The molecule has 0 aliphatic heterocycles. The standard InChI is InChI=1S/C29H33N11O5.C7H11N3O/c1-4-40-21(11-16(2)37-40)27(44)36-29-35-20-13-18(25(31)43)15-33-26(20)39(29)8-6-5-7-38-23-19(34-28(38)32-3)12-17(24(30)42)14-22(23)45-10-9-41;1-3-10-6(4-11)7(8)5(2)9-10/h5-6,11-15,41H,4,7-10H2,1-3H3,(H2,30,42)(H2,31,43)(H,32,34)(H,35,36,44);4H,3,8H2,1-2H3/b6-5+;. The molecule has 0 unspecified atom stereocenters. The maximum Gasteiger partial charge on any atom is 0.276 e. The number of anilines is 3. The van der Waals surface area contributed by atoms with Crippen molar-refractivity contribution in [3.8, 4) is 5.75 Å². The zero-order valence-electron chi connectivity index (χ0n) is 31.6. The number of hydrogen-bond donors (Lipinski definition) is 6. The zero-order chi connectivity index (χ0) is 40.7. The summed E-state index contributed by atoms with van der Waals surface area (Å²) in [5.41, 5.74) is 21.6. The molecule has 294 valence electrons. The maximum absolute atomic E-state index is 13.3. The molecule has 0 bridgehead atoms. The highest BCUT2D eigenvalue weighted by molar-refractivity contribution is 6.03. The van der Waals surface area contributed by atoms with E-state index in [4.69, 9.17) is 21.9 Å². The highest BCUT2D eigenvalue weighted by Gasteiger charge is 2.20. The molecule has 56 heavy (non-hydrogen) atoms. The summed E-state index contributed by atoms with van der Waals surface area (Å²) >= 11 is 0. The number of primary amides is 2. The number of carbonyl (C=O) groups is 4. The maximum atomic E-state index is 13.3. The molecular weight excluding hydrogens is 724 g/mol. The average molecular weight is 769 g/mol. The van der Waals surface area contributed by atoms with E-state index in [1.807, 2.05) is 30.6 Å². The number of rotatable bonds is 15. The van der Waals surface area contributed by atoms with Gasteiger partial charge in [-0.2, -0.15) is 10.2 Å². The minimum absolute atomic E-state index is 0.0124. The van der Waals surface area contributed by atoms with Gasteiger partial charge in [0.15, 0.2) is 11.9 Å². The Labute approximate surface area is 320 Å². The van der Waals surface area contributed by atoms with E-state index in [1.165, 1.54) is 18.3 Å². The third kappa shape index (κ3) is 8.34. The molecule has 0 saturated carbocycles. The van der Waals surface area contributed by atoms with Gasteiger partial charge in [-0.05, 0) is 52.0 Å². The lowest BCUT2D eigenvalue weighted by molar-refractivity contribution is 0.0991. The van der Waals surface area contributed by atoms with Crippen molar-refractivity contribution in [2.75, 3.05) is 36.6 Å². The Balaban J connectivity index is 0.000000470. The van der Waals surface area contributed by atoms with Gasteiger partial charge in [-0.3, -0.25) is 38.4 Å². The Hall–Kier alpha value is -7.09. The number of benzene rings is 1. The number of nitrogens with zero attached hydrogens (tertiary/aromatic N) is 9. The summed E-state index contributed by atoms with van der Waals surface area (Å²) in [7, 11) is 1.72. The first-order chi connectivity index (χ1) is 26.8. The highest BCUT2D eigenvalue weighted by atomic mass is 16.5. The highest BCUT2D eigenvalue weighted by Crippen LogP contribution is 2.31. The van der Waals surface area contributed by atoms with E-state index in [9.17, 15) is 24.3 Å². The van der Waals surface area contributed by atoms with Gasteiger partial charge in [0.25, 0.3) is 5.91 Å². The minimum atomic E-state index is -0.648. The van der Waals surface area contributed by atoms with Crippen LogP contribution in [0.4, 0.5) is 17.6 Å². The molecule has 6 rings (SSSR count). The van der Waals surface area contributed by atoms with Gasteiger partial charge in [0.1, 0.15) is 34.8 Å². The molecule has 5 aromatic heterocycles. The molecule has 0 aliphatic rings. The van der Waals surface area contributed by atoms with Crippen LogP contribution in [0.15, 0.2) is 42.6 Å². The molecule has 0 radical (unpaired) electrons. The van der Waals surface area contributed by atoms with Crippen LogP contribution in [0.1, 0.15) is 66.9 Å². The number of aromatic nitrogens is 9. The van der Waals surface area contributed by atoms with Gasteiger partial charge in [0, 0.05) is 45.0 Å². The number of nitrogens with one attached hydrogen (secondary N) is 2. The SMILES string of the molecule is CCn1nc(C)c(N)c1C=O.CCn1nc(C)cc1C(=O)Nc1nc2cc(C(N)=O)cnc2n1C/C=C/Cn1c(NC)nc2cc(C(N)=O)cc(OCCO)c21. The fourth-order valence-electron chi connectivity index (χ4n) is 5.89. The molecule has 1 aromatic carbocycles. The molecule has 0 atom stereocenters. The Morgan fingerprint density at radius 1 is 0.893 bits per heavy atom. The number of nitrogen functional groups attached to an aromatic ring is 1. The Bertz CT molecular complexity index is 2450. The molecule has 0 saturated heterocycles. The third-order valence-corrected chi connectivity index (χ3v) is 8.56. The molecule has 6 aromatic rings. The summed E-state index contributed by atoms with van der Waals surface area (Å²) in [6.07, 6.45) is 5.83. The molecule has 0 spiro atoms. The van der Waals surface area contributed by atoms with E-state index in [0.29, 0.717) is 82.0 Å². The largest absolute Gasteiger partial charge is 0.489 e. The predicted molar refractivity (Wildman–Crippen MR) is 209 cm³/mol. The van der Waals surface area contributed by atoms with E-state index in [2.05, 4.69) is 35.8 Å². The second-order valence-electron chi connectivity index (χ2n) is 12.3. The van der Waals surface area contributed by atoms with Crippen LogP contribution in [0.3, 0.4) is 0 Å². The zero-order valence-corrected chi connectivity index (χ0v) is 31.6. The Kier molecular flexibility index (Phi) is 12.4. The number of ether oxygens (including phenoxy) is 1. The minimum Gasteiger partial charge on any atom is -0.489 e. The van der Waals surface area contributed by atoms with E-state index < -0.39 is 17.7 Å². The summed E-state index contributed by atoms with van der Waals surface area (Å²) in [6.45, 7) is 8.95. The average Bonchev–Trinajstić information content (AvgIpc) is 3.92. The summed E-state index contributed by atoms with van der Waals surface area (Å²) in [6, 6.07) is 6.31. The smallest absolute Gasteiger partial charge is 0.276 e. The number of pyridine rings is 1. The normalized spacial score (nSPS) is 11.2. The first-order valence-electron chi connectivity index (χ1n) is 17.6. The number of aliphatic hydroxyl groups excluding tert-OH is 1. The second kappa shape index (κ2) is 17.4. The van der Waals surface area contributed by atoms with Crippen molar-refractivity contribution in [3.63, 3.8) is 0 Å². The van der Waals surface area contributed by atoms with Crippen LogP contribution in [0.5, 0.6) is 5.75 Å². The monoisotopic (exact) mass is 768 g/mol. The van der Waals surface area contributed by atoms with E-state index in [1.54, 1.807) is 47.0 Å². The van der Waals surface area contributed by atoms with Crippen LogP contribution in [0.25, 0.3) is 22.2 Å². The van der Waals surface area contributed by atoms with Gasteiger partial charge in [-0.25, -0.2) is 15.0 Å². The molecule has 5 heterocycles. The lowest BCUT2D eigenvalue weighted by Crippen LogP contribution is -2.20. The fraction of sp³-hybridized carbons (Fsp3) is 0.306. The topological polar surface area (TPSA) is 284 Å². The number of imidazole rings is 2. The lowest BCUT2D eigenvalue weighted by Gasteiger charge is -2.11. The van der Waals surface area contributed by atoms with Crippen molar-refractivity contribution < 1.29 is 29.0 Å². The van der Waals surface area contributed by atoms with Crippen LogP contribution in [0, 0.1) is 13.8 Å². The Morgan fingerprint density at radius 2 is 1.55 bits per heavy atom. The van der Waals surface area contributed by atoms with Crippen LogP contribution in [-0.2, 0) is 26.2 Å². The number of nitrogens with two attached hydrogens (primary N) is 3. The molecule has 3 amide bonds. The quantitative estimate of drug-likeness (QED) is 0.0645. The van der Waals surface area contributed by atoms with Crippen LogP contribution < -0.4 is 32.6 Å². The molecule has 20 nitrogen and oxygen atoms in total. The van der Waals surface area contributed by atoms with Crippen LogP contribution >= 0.6 is 0 Å². The number of carbonyl (C=O) groups excluding carboxylic acids is 4. The summed E-state index contributed by atoms with van der Waals surface area (Å²) in [5, 5.41) is 23.6. The second-order valence-corrected chi connectivity index (χ2v) is 12.3. The molecular formula is C36H44N14O6. The fourth-order valence-corrected chi connectivity index (χ4v) is 5.89. The predicted octanol–water partition coefficient (Wildman–Crippen LogP) is 2.03. The summed E-state index contributed by atoms with van der Waals surface area (Å²) in [4.78, 5) is 60.9. The number of fused-ring (bicyclic) bond motifs is 2. The number of amides is 3. The number of aryl methyl sites for hydroxylation is 4. The molecule has 0 fully saturated rings. The van der Waals surface area contributed by atoms with Gasteiger partial charge in [0.05, 0.1) is 34.8 Å². The van der Waals surface area contributed by atoms with Gasteiger partial charge in [-0.1, -0.05) is 12.2 Å². The molecule has 20 heteroatoms. The van der Waals surface area contributed by atoms with Crippen LogP contribution in [-0.4, -0.2) is 93.0 Å². The van der Waals surface area contributed by atoms with Gasteiger partial charge in [-0.15, -0.1) is 0 Å². The number of aldehydes is 1. The lowest BCUT2D eigenvalue weighted by atomic mass is 10.1. The number of allylic oxidation sites excluding steroid dienone is 2. The van der Waals surface area contributed by atoms with E-state index in [-0.39, 0.29) is 36.8 Å². The summed E-state index contributed by atoms with van der Waals surface area (Å²) < 4.78 is 12.5. The Morgan fingerprint density at radius 3 is 2.16 bits per heavy atom. The molecule has 0 aliphatic carbocycles. The molecule has 9 N–H and O–H groups in total. The van der Waals surface area contributed by atoms with Crippen LogP contribution in [0.2, 0.25) is 0 Å². The van der Waals surface area contributed by atoms with Gasteiger partial charge in [0.2, 0.25) is 23.7 Å². The van der Waals surface area contributed by atoms with Crippen molar-refractivity contribution in [1.29, 1.82) is 0 Å². The number of aliphatic hydroxyl groups is 1.